The van der Waals surface area contributed by atoms with E-state index in [1.807, 2.05) is 0 Å². The number of amides is 1. The molecule has 8 heteroatoms. The molecule has 0 saturated heterocycles. The van der Waals surface area contributed by atoms with Crippen LogP contribution in [0.4, 0.5) is 18.9 Å². The highest BCUT2D eigenvalue weighted by Gasteiger charge is 2.24. The molecule has 0 radical (unpaired) electrons. The van der Waals surface area contributed by atoms with Crippen LogP contribution in [0.3, 0.4) is 0 Å². The van der Waals surface area contributed by atoms with Gasteiger partial charge in [0.1, 0.15) is 0 Å². The fourth-order valence-electron chi connectivity index (χ4n) is 2.71. The van der Waals surface area contributed by atoms with Crippen molar-refractivity contribution >= 4 is 24.0 Å². The monoisotopic (exact) mass is 352 g/mol. The van der Waals surface area contributed by atoms with Gasteiger partial charge >= 0.3 is 6.61 Å². The van der Waals surface area contributed by atoms with Crippen LogP contribution in [-0.4, -0.2) is 18.6 Å². The van der Waals surface area contributed by atoms with Gasteiger partial charge in [0.15, 0.2) is 11.6 Å². The summed E-state index contributed by atoms with van der Waals surface area (Å²) in [6.07, 6.45) is 4.23. The molecule has 2 atom stereocenters. The lowest BCUT2D eigenvalue weighted by Gasteiger charge is -2.27. The Morgan fingerprint density at radius 3 is 2.65 bits per heavy atom. The average Bonchev–Trinajstić information content (AvgIpc) is 2.44. The molecule has 1 aromatic carbocycles. The lowest BCUT2D eigenvalue weighted by molar-refractivity contribution is -0.117. The first-order valence-electron chi connectivity index (χ1n) is 7.25. The maximum absolute atomic E-state index is 13.6. The Hall–Kier alpha value is -1.47. The molecule has 4 nitrogen and oxygen atoms in total. The molecule has 0 spiro atoms. The van der Waals surface area contributed by atoms with Crippen LogP contribution in [0.1, 0.15) is 32.1 Å². The average molecular weight is 353 g/mol. The van der Waals surface area contributed by atoms with Crippen molar-refractivity contribution in [1.82, 2.24) is 0 Å². The number of halogens is 4. The van der Waals surface area contributed by atoms with Crippen LogP contribution in [0.2, 0.25) is 0 Å². The highest BCUT2D eigenvalue weighted by atomic mass is 35.5. The Balaban J connectivity index is 0.00000264. The molecule has 1 fully saturated rings. The van der Waals surface area contributed by atoms with E-state index in [-0.39, 0.29) is 42.4 Å². The second-order valence-electron chi connectivity index (χ2n) is 5.48. The van der Waals surface area contributed by atoms with Crippen molar-refractivity contribution < 1.29 is 22.7 Å². The van der Waals surface area contributed by atoms with Gasteiger partial charge in [-0.3, -0.25) is 4.79 Å². The Bertz CT molecular complexity index is 531. The first-order valence-corrected chi connectivity index (χ1v) is 7.25. The Morgan fingerprint density at radius 1 is 1.35 bits per heavy atom. The number of nitrogens with two attached hydrogens (primary N) is 1. The van der Waals surface area contributed by atoms with Crippen LogP contribution in [0.25, 0.3) is 0 Å². The molecule has 130 valence electrons. The smallest absolute Gasteiger partial charge is 0.387 e. The second-order valence-corrected chi connectivity index (χ2v) is 5.48. The van der Waals surface area contributed by atoms with E-state index in [9.17, 15) is 18.0 Å². The minimum atomic E-state index is -3.09. The van der Waals surface area contributed by atoms with E-state index in [4.69, 9.17) is 5.73 Å². The maximum atomic E-state index is 13.6. The fourth-order valence-corrected chi connectivity index (χ4v) is 2.71. The van der Waals surface area contributed by atoms with Gasteiger partial charge in [0.2, 0.25) is 5.91 Å². The topological polar surface area (TPSA) is 64.4 Å². The predicted molar refractivity (Wildman–Crippen MR) is 83.5 cm³/mol. The van der Waals surface area contributed by atoms with E-state index in [1.54, 1.807) is 0 Å². The summed E-state index contributed by atoms with van der Waals surface area (Å²) in [6, 6.07) is 3.34. The standard InChI is InChI=1S/C15H19F3N2O2.ClH/c16-11-8-10(5-6-13(11)22-15(17)18)20-14(21)7-9-3-1-2-4-12(9)19;/h5-6,8-9,12,15H,1-4,7,19H2,(H,20,21);1H. The zero-order valence-corrected chi connectivity index (χ0v) is 13.3. The van der Waals surface area contributed by atoms with Crippen LogP contribution < -0.4 is 15.8 Å². The van der Waals surface area contributed by atoms with Gasteiger partial charge in [0.05, 0.1) is 0 Å². The number of alkyl halides is 2. The fraction of sp³-hybridized carbons (Fsp3) is 0.533. The molecule has 1 aliphatic rings. The number of carbonyl (C=O) groups is 1. The molecule has 2 unspecified atom stereocenters. The molecule has 1 aliphatic carbocycles. The number of benzene rings is 1. The maximum Gasteiger partial charge on any atom is 0.387 e. The van der Waals surface area contributed by atoms with Crippen molar-refractivity contribution in [3.63, 3.8) is 0 Å². The first kappa shape index (κ1) is 19.6. The lowest BCUT2D eigenvalue weighted by Crippen LogP contribution is -2.35. The minimum absolute atomic E-state index is 0. The van der Waals surface area contributed by atoms with E-state index < -0.39 is 18.2 Å². The molecule has 1 aromatic rings. The summed E-state index contributed by atoms with van der Waals surface area (Å²) in [5.41, 5.74) is 6.19. The SMILES string of the molecule is Cl.NC1CCCCC1CC(=O)Nc1ccc(OC(F)F)c(F)c1. The van der Waals surface area contributed by atoms with Crippen molar-refractivity contribution in [3.05, 3.63) is 24.0 Å². The number of nitrogens with one attached hydrogen (secondary N) is 1. The van der Waals surface area contributed by atoms with Crippen LogP contribution in [-0.2, 0) is 4.79 Å². The number of carbonyl (C=O) groups excluding carboxylic acids is 1. The summed E-state index contributed by atoms with van der Waals surface area (Å²) in [5, 5.41) is 2.55. The predicted octanol–water partition coefficient (Wildman–Crippen LogP) is 3.70. The quantitative estimate of drug-likeness (QED) is 0.849. The van der Waals surface area contributed by atoms with Gasteiger partial charge in [-0.25, -0.2) is 4.39 Å². The van der Waals surface area contributed by atoms with E-state index >= 15 is 0 Å². The molecule has 23 heavy (non-hydrogen) atoms. The molecule has 0 heterocycles. The Labute approximate surface area is 139 Å². The van der Waals surface area contributed by atoms with Gasteiger partial charge in [-0.15, -0.1) is 12.4 Å². The number of hydrogen-bond acceptors (Lipinski definition) is 3. The minimum Gasteiger partial charge on any atom is -0.432 e. The van der Waals surface area contributed by atoms with Gasteiger partial charge in [-0.1, -0.05) is 12.8 Å². The van der Waals surface area contributed by atoms with Crippen LogP contribution in [0.15, 0.2) is 18.2 Å². The van der Waals surface area contributed by atoms with Gasteiger partial charge in [0, 0.05) is 24.2 Å². The molecular weight excluding hydrogens is 333 g/mol. The van der Waals surface area contributed by atoms with E-state index in [0.29, 0.717) is 0 Å². The number of ether oxygens (including phenoxy) is 1. The van der Waals surface area contributed by atoms with Crippen molar-refractivity contribution in [3.8, 4) is 5.75 Å². The van der Waals surface area contributed by atoms with Crippen molar-refractivity contribution in [2.24, 2.45) is 11.7 Å². The molecule has 3 N–H and O–H groups in total. The van der Waals surface area contributed by atoms with Crippen molar-refractivity contribution in [2.45, 2.75) is 44.8 Å². The zero-order valence-electron chi connectivity index (χ0n) is 12.4. The molecule has 0 bridgehead atoms. The molecular formula is C15H20ClF3N2O2. The first-order chi connectivity index (χ1) is 10.5. The third-order valence-electron chi connectivity index (χ3n) is 3.85. The summed E-state index contributed by atoms with van der Waals surface area (Å²) < 4.78 is 41.6. The van der Waals surface area contributed by atoms with Crippen LogP contribution in [0, 0.1) is 11.7 Å². The summed E-state index contributed by atoms with van der Waals surface area (Å²) in [6.45, 7) is -3.09. The van der Waals surface area contributed by atoms with Gasteiger partial charge in [0.25, 0.3) is 0 Å². The normalized spacial score (nSPS) is 20.7. The van der Waals surface area contributed by atoms with E-state index in [0.717, 1.165) is 37.8 Å². The highest BCUT2D eigenvalue weighted by molar-refractivity contribution is 5.91. The van der Waals surface area contributed by atoms with Crippen LogP contribution in [0.5, 0.6) is 5.75 Å². The molecule has 1 saturated carbocycles. The van der Waals surface area contributed by atoms with Crippen molar-refractivity contribution in [1.29, 1.82) is 0 Å². The van der Waals surface area contributed by atoms with Gasteiger partial charge in [-0.05, 0) is 30.9 Å². The Morgan fingerprint density at radius 2 is 2.04 bits per heavy atom. The third-order valence-corrected chi connectivity index (χ3v) is 3.85. The van der Waals surface area contributed by atoms with Crippen LogP contribution >= 0.6 is 12.4 Å². The molecule has 2 rings (SSSR count). The lowest BCUT2D eigenvalue weighted by atomic mass is 9.83. The molecule has 0 aliphatic heterocycles. The highest BCUT2D eigenvalue weighted by Crippen LogP contribution is 2.27. The third kappa shape index (κ3) is 5.91. The van der Waals surface area contributed by atoms with Crippen molar-refractivity contribution in [2.75, 3.05) is 5.32 Å². The number of rotatable bonds is 5. The summed E-state index contributed by atoms with van der Waals surface area (Å²) in [7, 11) is 0. The molecule has 1 amide bonds. The second kappa shape index (κ2) is 8.98. The van der Waals surface area contributed by atoms with Gasteiger partial charge in [-0.2, -0.15) is 8.78 Å². The largest absolute Gasteiger partial charge is 0.432 e. The number of hydrogen-bond donors (Lipinski definition) is 2. The summed E-state index contributed by atoms with van der Waals surface area (Å²) in [5.74, 6) is -1.64. The summed E-state index contributed by atoms with van der Waals surface area (Å²) >= 11 is 0. The van der Waals surface area contributed by atoms with Gasteiger partial charge < -0.3 is 15.8 Å². The number of anilines is 1. The van der Waals surface area contributed by atoms with E-state index in [1.165, 1.54) is 6.07 Å². The Kier molecular flexibility index (Phi) is 7.64. The zero-order chi connectivity index (χ0) is 16.1. The molecule has 0 aromatic heterocycles. The van der Waals surface area contributed by atoms with E-state index in [2.05, 4.69) is 10.1 Å². The summed E-state index contributed by atoms with van der Waals surface area (Å²) in [4.78, 5) is 12.0.